The van der Waals surface area contributed by atoms with Crippen LogP contribution in [0.1, 0.15) is 22.4 Å². The van der Waals surface area contributed by atoms with Gasteiger partial charge in [-0.2, -0.15) is 0 Å². The molecule has 0 atom stereocenters. The molecular formula is C18H27IN6OS. The Morgan fingerprint density at radius 3 is 2.74 bits per heavy atom. The molecule has 0 saturated carbocycles. The summed E-state index contributed by atoms with van der Waals surface area (Å²) >= 11 is 1.74. The average Bonchev–Trinajstić information content (AvgIpc) is 3.17. The van der Waals surface area contributed by atoms with E-state index in [0.717, 1.165) is 55.1 Å². The van der Waals surface area contributed by atoms with E-state index in [-0.39, 0.29) is 24.0 Å². The van der Waals surface area contributed by atoms with Gasteiger partial charge in [0.1, 0.15) is 10.8 Å². The van der Waals surface area contributed by atoms with Crippen molar-refractivity contribution in [1.29, 1.82) is 0 Å². The number of aryl methyl sites for hydroxylation is 1. The predicted molar refractivity (Wildman–Crippen MR) is 121 cm³/mol. The van der Waals surface area contributed by atoms with E-state index in [9.17, 15) is 0 Å². The van der Waals surface area contributed by atoms with Gasteiger partial charge in [-0.3, -0.25) is 4.99 Å². The maximum atomic E-state index is 5.44. The average molecular weight is 502 g/mol. The van der Waals surface area contributed by atoms with Crippen molar-refractivity contribution < 1.29 is 4.74 Å². The monoisotopic (exact) mass is 502 g/mol. The summed E-state index contributed by atoms with van der Waals surface area (Å²) in [5, 5.41) is 7.77. The predicted octanol–water partition coefficient (Wildman–Crippen LogP) is 2.42. The van der Waals surface area contributed by atoms with Crippen LogP contribution in [0.2, 0.25) is 0 Å². The van der Waals surface area contributed by atoms with Crippen molar-refractivity contribution in [3.8, 4) is 0 Å². The smallest absolute Gasteiger partial charge is 0.191 e. The van der Waals surface area contributed by atoms with Crippen LogP contribution in [0.25, 0.3) is 0 Å². The molecule has 2 aromatic rings. The van der Waals surface area contributed by atoms with Gasteiger partial charge in [-0.1, -0.05) is 13.0 Å². The second-order valence-corrected chi connectivity index (χ2v) is 7.14. The van der Waals surface area contributed by atoms with Crippen LogP contribution in [-0.2, 0) is 24.2 Å². The molecule has 3 heterocycles. The van der Waals surface area contributed by atoms with E-state index in [1.807, 2.05) is 18.5 Å². The molecule has 1 aliphatic rings. The van der Waals surface area contributed by atoms with Crippen molar-refractivity contribution in [1.82, 2.24) is 20.6 Å². The number of halogens is 1. The molecular weight excluding hydrogens is 475 g/mol. The van der Waals surface area contributed by atoms with Crippen molar-refractivity contribution >= 4 is 47.1 Å². The van der Waals surface area contributed by atoms with Crippen molar-refractivity contribution in [2.45, 2.75) is 26.4 Å². The maximum Gasteiger partial charge on any atom is 0.191 e. The topological polar surface area (TPSA) is 74.7 Å². The van der Waals surface area contributed by atoms with Gasteiger partial charge >= 0.3 is 0 Å². The zero-order valence-corrected chi connectivity index (χ0v) is 18.9. The van der Waals surface area contributed by atoms with Gasteiger partial charge in [-0.05, 0) is 12.5 Å². The highest BCUT2D eigenvalue weighted by molar-refractivity contribution is 14.0. The zero-order valence-electron chi connectivity index (χ0n) is 15.8. The van der Waals surface area contributed by atoms with Crippen LogP contribution < -0.4 is 15.5 Å². The SMILES string of the molecule is CCc1cnc(CNC(=NC)NCc2cccnc2N2CCOCC2)s1.I. The Hall–Kier alpha value is -1.46. The minimum absolute atomic E-state index is 0. The number of ether oxygens (including phenoxy) is 1. The fourth-order valence-corrected chi connectivity index (χ4v) is 3.58. The zero-order chi connectivity index (χ0) is 18.2. The van der Waals surface area contributed by atoms with Crippen LogP contribution >= 0.6 is 35.3 Å². The van der Waals surface area contributed by atoms with E-state index < -0.39 is 0 Å². The minimum Gasteiger partial charge on any atom is -0.378 e. The van der Waals surface area contributed by atoms with Gasteiger partial charge in [-0.25, -0.2) is 9.97 Å². The Balaban J connectivity index is 0.00000261. The van der Waals surface area contributed by atoms with Crippen molar-refractivity contribution in [2.75, 3.05) is 38.3 Å². The molecule has 1 fully saturated rings. The molecule has 0 radical (unpaired) electrons. The normalized spacial score (nSPS) is 14.6. The van der Waals surface area contributed by atoms with Crippen molar-refractivity contribution in [3.05, 3.63) is 40.0 Å². The number of nitrogens with one attached hydrogen (secondary N) is 2. The van der Waals surface area contributed by atoms with E-state index in [1.165, 1.54) is 4.88 Å². The Kier molecular flexibility index (Phi) is 9.22. The highest BCUT2D eigenvalue weighted by Crippen LogP contribution is 2.18. The summed E-state index contributed by atoms with van der Waals surface area (Å²) < 4.78 is 5.44. The Labute approximate surface area is 181 Å². The van der Waals surface area contributed by atoms with Gasteiger partial charge in [-0.15, -0.1) is 35.3 Å². The summed E-state index contributed by atoms with van der Waals surface area (Å²) in [6.45, 7) is 6.74. The number of pyridine rings is 1. The number of morpholine rings is 1. The molecule has 27 heavy (non-hydrogen) atoms. The lowest BCUT2D eigenvalue weighted by Crippen LogP contribution is -2.39. The van der Waals surface area contributed by atoms with Crippen molar-refractivity contribution in [2.24, 2.45) is 4.99 Å². The number of nitrogens with zero attached hydrogens (tertiary/aromatic N) is 4. The number of aliphatic imine (C=N–C) groups is 1. The minimum atomic E-state index is 0. The first kappa shape index (κ1) is 21.8. The second kappa shape index (κ2) is 11.4. The number of aromatic nitrogens is 2. The Morgan fingerprint density at radius 2 is 2.04 bits per heavy atom. The lowest BCUT2D eigenvalue weighted by molar-refractivity contribution is 0.122. The molecule has 2 aromatic heterocycles. The van der Waals surface area contributed by atoms with Gasteiger partial charge in [0.15, 0.2) is 5.96 Å². The van der Waals surface area contributed by atoms with Crippen LogP contribution in [-0.4, -0.2) is 49.3 Å². The standard InChI is InChI=1S/C18H26N6OS.HI/c1-3-15-12-21-16(26-15)13-23-18(19-2)22-11-14-5-4-6-20-17(14)24-7-9-25-10-8-24;/h4-6,12H,3,7-11,13H2,1-2H3,(H2,19,22,23);1H. The summed E-state index contributed by atoms with van der Waals surface area (Å²) in [4.78, 5) is 16.9. The van der Waals surface area contributed by atoms with Gasteiger partial charge in [0.2, 0.25) is 0 Å². The number of rotatable bonds is 6. The molecule has 0 aliphatic carbocycles. The van der Waals surface area contributed by atoms with Gasteiger partial charge in [0.25, 0.3) is 0 Å². The maximum absolute atomic E-state index is 5.44. The van der Waals surface area contributed by atoms with E-state index in [4.69, 9.17) is 4.74 Å². The van der Waals surface area contributed by atoms with E-state index in [2.05, 4.69) is 43.5 Å². The third-order valence-corrected chi connectivity index (χ3v) is 5.35. The van der Waals surface area contributed by atoms with Crippen LogP contribution in [0.5, 0.6) is 0 Å². The summed E-state index contributed by atoms with van der Waals surface area (Å²) in [7, 11) is 1.78. The second-order valence-electron chi connectivity index (χ2n) is 5.94. The summed E-state index contributed by atoms with van der Waals surface area (Å²) in [5.41, 5.74) is 1.15. The summed E-state index contributed by atoms with van der Waals surface area (Å²) in [6.07, 6.45) is 4.81. The fraction of sp³-hybridized carbons (Fsp3) is 0.500. The van der Waals surface area contributed by atoms with Gasteiger partial charge in [0.05, 0.1) is 19.8 Å². The molecule has 1 saturated heterocycles. The number of guanidine groups is 1. The van der Waals surface area contributed by atoms with E-state index in [1.54, 1.807) is 18.4 Å². The lowest BCUT2D eigenvalue weighted by atomic mass is 10.2. The largest absolute Gasteiger partial charge is 0.378 e. The van der Waals surface area contributed by atoms with Gasteiger partial charge in [0, 0.05) is 49.5 Å². The number of hydrogen-bond donors (Lipinski definition) is 2. The van der Waals surface area contributed by atoms with Gasteiger partial charge < -0.3 is 20.3 Å². The number of anilines is 1. The fourth-order valence-electron chi connectivity index (χ4n) is 2.78. The highest BCUT2D eigenvalue weighted by Gasteiger charge is 2.15. The molecule has 0 bridgehead atoms. The van der Waals surface area contributed by atoms with E-state index >= 15 is 0 Å². The third-order valence-electron chi connectivity index (χ3n) is 4.20. The summed E-state index contributed by atoms with van der Waals surface area (Å²) in [6, 6.07) is 4.07. The van der Waals surface area contributed by atoms with Crippen molar-refractivity contribution in [3.63, 3.8) is 0 Å². The van der Waals surface area contributed by atoms with Crippen LogP contribution in [0.4, 0.5) is 5.82 Å². The Bertz CT molecular complexity index is 732. The molecule has 3 rings (SSSR count). The molecule has 0 amide bonds. The lowest BCUT2D eigenvalue weighted by Gasteiger charge is -2.29. The Morgan fingerprint density at radius 1 is 1.26 bits per heavy atom. The summed E-state index contributed by atoms with van der Waals surface area (Å²) in [5.74, 6) is 1.78. The number of thiazole rings is 1. The first-order valence-corrected chi connectivity index (χ1v) is 9.76. The first-order valence-electron chi connectivity index (χ1n) is 8.94. The first-order chi connectivity index (χ1) is 12.8. The van der Waals surface area contributed by atoms with Crippen LogP contribution in [0.15, 0.2) is 29.5 Å². The molecule has 0 spiro atoms. The molecule has 7 nitrogen and oxygen atoms in total. The highest BCUT2D eigenvalue weighted by atomic mass is 127. The molecule has 1 aliphatic heterocycles. The van der Waals surface area contributed by atoms with E-state index in [0.29, 0.717) is 13.1 Å². The third kappa shape index (κ3) is 6.28. The molecule has 9 heteroatoms. The molecule has 2 N–H and O–H groups in total. The molecule has 0 aromatic carbocycles. The van der Waals surface area contributed by atoms with Crippen LogP contribution in [0, 0.1) is 0 Å². The van der Waals surface area contributed by atoms with Crippen LogP contribution in [0.3, 0.4) is 0 Å². The number of hydrogen-bond acceptors (Lipinski definition) is 6. The molecule has 0 unspecified atom stereocenters. The molecule has 148 valence electrons. The quantitative estimate of drug-likeness (QED) is 0.359.